The van der Waals surface area contributed by atoms with Crippen molar-refractivity contribution in [2.45, 2.75) is 31.3 Å². The number of methoxy groups -OCH3 is 1. The summed E-state index contributed by atoms with van der Waals surface area (Å²) in [5.41, 5.74) is 1.34. The van der Waals surface area contributed by atoms with E-state index in [2.05, 4.69) is 52.4 Å². The molecule has 3 nitrogen and oxygen atoms in total. The average Bonchev–Trinajstić information content (AvgIpc) is 2.88. The van der Waals surface area contributed by atoms with Crippen LogP contribution >= 0.6 is 15.9 Å². The van der Waals surface area contributed by atoms with Crippen molar-refractivity contribution in [2.24, 2.45) is 0 Å². The van der Waals surface area contributed by atoms with E-state index in [0.29, 0.717) is 12.1 Å². The zero-order valence-corrected chi connectivity index (χ0v) is 13.5. The van der Waals surface area contributed by atoms with Gasteiger partial charge in [-0.1, -0.05) is 6.07 Å². The number of nitrogens with zero attached hydrogens (tertiary/aromatic N) is 1. The normalized spacial score (nSPS) is 20.8. The maximum absolute atomic E-state index is 5.30. The molecule has 1 N–H and O–H groups in total. The second-order valence-corrected chi connectivity index (χ2v) is 6.26. The van der Waals surface area contributed by atoms with Crippen LogP contribution in [0.4, 0.5) is 0 Å². The van der Waals surface area contributed by atoms with Crippen LogP contribution in [0.2, 0.25) is 0 Å². The molecule has 0 spiro atoms. The van der Waals surface area contributed by atoms with Crippen molar-refractivity contribution in [1.29, 1.82) is 0 Å². The van der Waals surface area contributed by atoms with Crippen LogP contribution in [-0.4, -0.2) is 38.7 Å². The third-order valence-corrected chi connectivity index (χ3v) is 4.47. The van der Waals surface area contributed by atoms with Gasteiger partial charge in [0.15, 0.2) is 0 Å². The zero-order valence-electron chi connectivity index (χ0n) is 11.9. The Kier molecular flexibility index (Phi) is 5.25. The Balaban J connectivity index is 2.15. The maximum Gasteiger partial charge on any atom is 0.133 e. The first-order valence-electron chi connectivity index (χ1n) is 6.85. The van der Waals surface area contributed by atoms with Gasteiger partial charge < -0.3 is 15.0 Å². The fourth-order valence-corrected chi connectivity index (χ4v) is 3.32. The minimum Gasteiger partial charge on any atom is -0.496 e. The van der Waals surface area contributed by atoms with E-state index in [-0.39, 0.29) is 0 Å². The molecule has 0 amide bonds. The van der Waals surface area contributed by atoms with Crippen LogP contribution < -0.4 is 10.1 Å². The van der Waals surface area contributed by atoms with E-state index < -0.39 is 0 Å². The summed E-state index contributed by atoms with van der Waals surface area (Å²) < 4.78 is 6.33. The van der Waals surface area contributed by atoms with Gasteiger partial charge in [0.2, 0.25) is 0 Å². The van der Waals surface area contributed by atoms with Gasteiger partial charge in [-0.3, -0.25) is 0 Å². The van der Waals surface area contributed by atoms with Gasteiger partial charge in [0, 0.05) is 12.1 Å². The summed E-state index contributed by atoms with van der Waals surface area (Å²) in [6.45, 7) is 1.16. The fourth-order valence-electron chi connectivity index (χ4n) is 2.76. The van der Waals surface area contributed by atoms with Crippen LogP contribution in [0.1, 0.15) is 30.9 Å². The minimum atomic E-state index is 0.442. The molecule has 1 aromatic carbocycles. The van der Waals surface area contributed by atoms with Crippen LogP contribution in [0.5, 0.6) is 5.75 Å². The summed E-state index contributed by atoms with van der Waals surface area (Å²) in [7, 11) is 6.00. The highest BCUT2D eigenvalue weighted by Gasteiger charge is 2.22. The van der Waals surface area contributed by atoms with E-state index >= 15 is 0 Å². The molecule has 1 aliphatic rings. The molecular formula is C15H23BrN2O. The summed E-state index contributed by atoms with van der Waals surface area (Å²) in [5, 5.41) is 3.59. The lowest BCUT2D eigenvalue weighted by Crippen LogP contribution is -2.29. The van der Waals surface area contributed by atoms with E-state index in [1.54, 1.807) is 7.11 Å². The summed E-state index contributed by atoms with van der Waals surface area (Å²) in [5.74, 6) is 0.889. The van der Waals surface area contributed by atoms with Crippen LogP contribution in [-0.2, 0) is 0 Å². The minimum absolute atomic E-state index is 0.442. The number of halogens is 1. The van der Waals surface area contributed by atoms with Gasteiger partial charge in [0.1, 0.15) is 5.75 Å². The largest absolute Gasteiger partial charge is 0.496 e. The Labute approximate surface area is 124 Å². The SMILES string of the molecule is COc1ccc(C(CC2CCCN2)N(C)C)cc1Br. The monoisotopic (exact) mass is 326 g/mol. The lowest BCUT2D eigenvalue weighted by Gasteiger charge is -2.28. The Bertz CT molecular complexity index is 417. The second kappa shape index (κ2) is 6.73. The Morgan fingerprint density at radius 3 is 2.79 bits per heavy atom. The topological polar surface area (TPSA) is 24.5 Å². The lowest BCUT2D eigenvalue weighted by molar-refractivity contribution is 0.262. The second-order valence-electron chi connectivity index (χ2n) is 5.40. The smallest absolute Gasteiger partial charge is 0.133 e. The number of ether oxygens (including phenoxy) is 1. The van der Waals surface area contributed by atoms with Crippen LogP contribution in [0.3, 0.4) is 0 Å². The maximum atomic E-state index is 5.30. The molecule has 1 aromatic rings. The molecule has 106 valence electrons. The van der Waals surface area contributed by atoms with Gasteiger partial charge in [-0.25, -0.2) is 0 Å². The average molecular weight is 327 g/mol. The van der Waals surface area contributed by atoms with Crippen molar-refractivity contribution in [3.63, 3.8) is 0 Å². The lowest BCUT2D eigenvalue weighted by atomic mass is 9.97. The molecule has 4 heteroatoms. The van der Waals surface area contributed by atoms with E-state index in [1.807, 2.05) is 6.07 Å². The predicted octanol–water partition coefficient (Wildman–Crippen LogP) is 3.20. The van der Waals surface area contributed by atoms with Crippen molar-refractivity contribution < 1.29 is 4.74 Å². The molecule has 0 saturated carbocycles. The third kappa shape index (κ3) is 3.71. The first-order valence-corrected chi connectivity index (χ1v) is 7.64. The Morgan fingerprint density at radius 2 is 2.26 bits per heavy atom. The van der Waals surface area contributed by atoms with Gasteiger partial charge in [-0.15, -0.1) is 0 Å². The van der Waals surface area contributed by atoms with E-state index in [9.17, 15) is 0 Å². The first kappa shape index (κ1) is 14.8. The van der Waals surface area contributed by atoms with E-state index in [1.165, 1.54) is 18.4 Å². The molecule has 19 heavy (non-hydrogen) atoms. The summed E-state index contributed by atoms with van der Waals surface area (Å²) in [6.07, 6.45) is 3.75. The van der Waals surface area contributed by atoms with Gasteiger partial charge >= 0.3 is 0 Å². The molecule has 0 aromatic heterocycles. The molecule has 0 radical (unpaired) electrons. The summed E-state index contributed by atoms with van der Waals surface area (Å²) >= 11 is 3.58. The van der Waals surface area contributed by atoms with E-state index in [4.69, 9.17) is 4.74 Å². The van der Waals surface area contributed by atoms with Gasteiger partial charge in [-0.2, -0.15) is 0 Å². The molecule has 0 aliphatic carbocycles. The van der Waals surface area contributed by atoms with Gasteiger partial charge in [0.25, 0.3) is 0 Å². The van der Waals surface area contributed by atoms with Crippen molar-refractivity contribution >= 4 is 15.9 Å². The molecule has 1 heterocycles. The molecule has 0 bridgehead atoms. The highest BCUT2D eigenvalue weighted by molar-refractivity contribution is 9.10. The molecule has 1 fully saturated rings. The highest BCUT2D eigenvalue weighted by atomic mass is 79.9. The van der Waals surface area contributed by atoms with Crippen LogP contribution in [0.15, 0.2) is 22.7 Å². The van der Waals surface area contributed by atoms with Crippen molar-refractivity contribution in [3.8, 4) is 5.75 Å². The van der Waals surface area contributed by atoms with Crippen molar-refractivity contribution in [1.82, 2.24) is 10.2 Å². The standard InChI is InChI=1S/C15H23BrN2O/c1-18(2)14(10-12-5-4-8-17-12)11-6-7-15(19-3)13(16)9-11/h6-7,9,12,14,17H,4-5,8,10H2,1-3H3. The number of benzene rings is 1. The third-order valence-electron chi connectivity index (χ3n) is 3.85. The summed E-state index contributed by atoms with van der Waals surface area (Å²) in [4.78, 5) is 2.30. The number of hydrogen-bond acceptors (Lipinski definition) is 3. The Hall–Kier alpha value is -0.580. The van der Waals surface area contributed by atoms with Gasteiger partial charge in [-0.05, 0) is 73.5 Å². The Morgan fingerprint density at radius 1 is 1.47 bits per heavy atom. The molecule has 1 saturated heterocycles. The quantitative estimate of drug-likeness (QED) is 0.899. The number of nitrogens with one attached hydrogen (secondary N) is 1. The zero-order chi connectivity index (χ0) is 13.8. The van der Waals surface area contributed by atoms with Gasteiger partial charge in [0.05, 0.1) is 11.6 Å². The molecule has 2 atom stereocenters. The first-order chi connectivity index (χ1) is 9.11. The van der Waals surface area contributed by atoms with Crippen LogP contribution in [0.25, 0.3) is 0 Å². The fraction of sp³-hybridized carbons (Fsp3) is 0.600. The molecule has 2 rings (SSSR count). The van der Waals surface area contributed by atoms with Crippen molar-refractivity contribution in [2.75, 3.05) is 27.7 Å². The predicted molar refractivity (Wildman–Crippen MR) is 82.8 cm³/mol. The number of rotatable bonds is 5. The highest BCUT2D eigenvalue weighted by Crippen LogP contribution is 2.32. The molecule has 2 unspecified atom stereocenters. The molecular weight excluding hydrogens is 304 g/mol. The van der Waals surface area contributed by atoms with E-state index in [0.717, 1.165) is 23.2 Å². The van der Waals surface area contributed by atoms with Crippen LogP contribution in [0, 0.1) is 0 Å². The molecule has 1 aliphatic heterocycles. The summed E-state index contributed by atoms with van der Waals surface area (Å²) in [6, 6.07) is 7.48. The van der Waals surface area contributed by atoms with Crippen molar-refractivity contribution in [3.05, 3.63) is 28.2 Å². The number of hydrogen-bond donors (Lipinski definition) is 1.